The van der Waals surface area contributed by atoms with E-state index in [2.05, 4.69) is 18.9 Å². The maximum Gasteiger partial charge on any atom is 0.124 e. The van der Waals surface area contributed by atoms with Gasteiger partial charge in [0, 0.05) is 24.2 Å². The molecule has 20 heavy (non-hydrogen) atoms. The van der Waals surface area contributed by atoms with E-state index < -0.39 is 6.10 Å². The molecule has 108 valence electrons. The van der Waals surface area contributed by atoms with E-state index in [1.54, 1.807) is 7.11 Å². The summed E-state index contributed by atoms with van der Waals surface area (Å²) >= 11 is 0. The van der Waals surface area contributed by atoms with Crippen LogP contribution < -0.4 is 4.74 Å². The van der Waals surface area contributed by atoms with Crippen molar-refractivity contribution in [2.45, 2.75) is 39.3 Å². The molecule has 1 N–H and O–H groups in total. The molecule has 0 aliphatic rings. The first-order valence-electron chi connectivity index (χ1n) is 6.88. The molecule has 0 aliphatic heterocycles. The van der Waals surface area contributed by atoms with Crippen LogP contribution in [0.5, 0.6) is 5.75 Å². The first-order valence-corrected chi connectivity index (χ1v) is 6.88. The molecule has 0 saturated carbocycles. The summed E-state index contributed by atoms with van der Waals surface area (Å²) in [5, 5.41) is 14.9. The first kappa shape index (κ1) is 14.6. The summed E-state index contributed by atoms with van der Waals surface area (Å²) in [6.45, 7) is 6.16. The van der Waals surface area contributed by atoms with Gasteiger partial charge in [-0.15, -0.1) is 0 Å². The Morgan fingerprint density at radius 2 is 2.05 bits per heavy atom. The second-order valence-electron chi connectivity index (χ2n) is 5.35. The van der Waals surface area contributed by atoms with Crippen molar-refractivity contribution in [1.82, 2.24) is 9.78 Å². The number of hydrogen-bond acceptors (Lipinski definition) is 3. The molecule has 0 amide bonds. The number of methoxy groups -OCH3 is 1. The summed E-state index contributed by atoms with van der Waals surface area (Å²) in [4.78, 5) is 0. The Morgan fingerprint density at radius 3 is 2.65 bits per heavy atom. The number of rotatable bonds is 5. The number of nitrogens with zero attached hydrogens (tertiary/aromatic N) is 2. The first-order chi connectivity index (χ1) is 9.51. The number of aryl methyl sites for hydroxylation is 1. The van der Waals surface area contributed by atoms with E-state index in [0.29, 0.717) is 18.2 Å². The van der Waals surface area contributed by atoms with E-state index in [9.17, 15) is 5.11 Å². The van der Waals surface area contributed by atoms with Crippen molar-refractivity contribution >= 4 is 0 Å². The minimum atomic E-state index is -0.611. The van der Waals surface area contributed by atoms with Gasteiger partial charge in [-0.3, -0.25) is 4.68 Å². The Balaban J connectivity index is 2.18. The highest BCUT2D eigenvalue weighted by Crippen LogP contribution is 2.28. The van der Waals surface area contributed by atoms with E-state index in [4.69, 9.17) is 4.74 Å². The molecule has 0 spiro atoms. The van der Waals surface area contributed by atoms with Crippen LogP contribution in [0, 0.1) is 6.92 Å². The smallest absolute Gasteiger partial charge is 0.124 e. The summed E-state index contributed by atoms with van der Waals surface area (Å²) in [6.07, 6.45) is 1.82. The molecule has 0 saturated heterocycles. The SMILES string of the molecule is COc1ccc(C)cc1C(O)Cc1ccn(C(C)C)n1. The van der Waals surface area contributed by atoms with Gasteiger partial charge in [-0.1, -0.05) is 11.6 Å². The van der Waals surface area contributed by atoms with Gasteiger partial charge >= 0.3 is 0 Å². The zero-order valence-electron chi connectivity index (χ0n) is 12.5. The third kappa shape index (κ3) is 3.20. The van der Waals surface area contributed by atoms with Crippen molar-refractivity contribution in [1.29, 1.82) is 0 Å². The third-order valence-corrected chi connectivity index (χ3v) is 3.34. The second kappa shape index (κ2) is 6.09. The molecular weight excluding hydrogens is 252 g/mol. The van der Waals surface area contributed by atoms with E-state index in [0.717, 1.165) is 16.8 Å². The number of benzene rings is 1. The molecule has 0 fully saturated rings. The van der Waals surface area contributed by atoms with Crippen LogP contribution in [0.1, 0.15) is 42.8 Å². The van der Waals surface area contributed by atoms with Crippen LogP contribution in [0.3, 0.4) is 0 Å². The Morgan fingerprint density at radius 1 is 1.30 bits per heavy atom. The maximum atomic E-state index is 10.4. The maximum absolute atomic E-state index is 10.4. The lowest BCUT2D eigenvalue weighted by Crippen LogP contribution is -2.07. The minimum Gasteiger partial charge on any atom is -0.496 e. The molecule has 1 aromatic carbocycles. The third-order valence-electron chi connectivity index (χ3n) is 3.34. The average molecular weight is 274 g/mol. The Hall–Kier alpha value is -1.81. The number of aliphatic hydroxyl groups is 1. The fraction of sp³-hybridized carbons (Fsp3) is 0.438. The molecule has 0 aliphatic carbocycles. The Bertz CT molecular complexity index is 576. The largest absolute Gasteiger partial charge is 0.496 e. The summed E-state index contributed by atoms with van der Waals surface area (Å²) in [5.41, 5.74) is 2.80. The molecule has 4 nitrogen and oxygen atoms in total. The van der Waals surface area contributed by atoms with Crippen molar-refractivity contribution in [2.24, 2.45) is 0 Å². The van der Waals surface area contributed by atoms with Gasteiger partial charge in [0.2, 0.25) is 0 Å². The quantitative estimate of drug-likeness (QED) is 0.911. The van der Waals surface area contributed by atoms with Crippen LogP contribution in [0.2, 0.25) is 0 Å². The van der Waals surface area contributed by atoms with Gasteiger partial charge in [0.1, 0.15) is 5.75 Å². The van der Waals surface area contributed by atoms with Gasteiger partial charge in [0.15, 0.2) is 0 Å². The number of aliphatic hydroxyl groups excluding tert-OH is 1. The summed E-state index contributed by atoms with van der Waals surface area (Å²) in [5.74, 6) is 0.714. The van der Waals surface area contributed by atoms with Gasteiger partial charge in [-0.2, -0.15) is 5.10 Å². The van der Waals surface area contributed by atoms with Crippen LogP contribution >= 0.6 is 0 Å². The van der Waals surface area contributed by atoms with Crippen LogP contribution in [-0.2, 0) is 6.42 Å². The van der Waals surface area contributed by atoms with Crippen LogP contribution in [0.25, 0.3) is 0 Å². The number of ether oxygens (including phenoxy) is 1. The molecule has 1 atom stereocenters. The van der Waals surface area contributed by atoms with Crippen molar-refractivity contribution in [3.05, 3.63) is 47.3 Å². The normalized spacial score (nSPS) is 12.7. The number of aromatic nitrogens is 2. The van der Waals surface area contributed by atoms with E-state index in [1.165, 1.54) is 0 Å². The summed E-state index contributed by atoms with van der Waals surface area (Å²) < 4.78 is 7.22. The highest BCUT2D eigenvalue weighted by molar-refractivity contribution is 5.38. The Labute approximate surface area is 120 Å². The highest BCUT2D eigenvalue weighted by atomic mass is 16.5. The molecule has 0 radical (unpaired) electrons. The predicted octanol–water partition coefficient (Wildman–Crippen LogP) is 3.06. The molecule has 1 heterocycles. The van der Waals surface area contributed by atoms with Gasteiger partial charge in [0.25, 0.3) is 0 Å². The fourth-order valence-electron chi connectivity index (χ4n) is 2.20. The van der Waals surface area contributed by atoms with E-state index >= 15 is 0 Å². The standard InChI is InChI=1S/C16H22N2O2/c1-11(2)18-8-7-13(17-18)10-15(19)14-9-12(3)5-6-16(14)20-4/h5-9,11,15,19H,10H2,1-4H3. The lowest BCUT2D eigenvalue weighted by Gasteiger charge is -2.14. The molecule has 1 aromatic heterocycles. The molecule has 2 rings (SSSR count). The lowest BCUT2D eigenvalue weighted by molar-refractivity contribution is 0.172. The summed E-state index contributed by atoms with van der Waals surface area (Å²) in [7, 11) is 1.62. The van der Waals surface area contributed by atoms with Crippen molar-refractivity contribution in [3.63, 3.8) is 0 Å². The van der Waals surface area contributed by atoms with Gasteiger partial charge in [-0.25, -0.2) is 0 Å². The summed E-state index contributed by atoms with van der Waals surface area (Å²) in [6, 6.07) is 8.10. The lowest BCUT2D eigenvalue weighted by atomic mass is 10.0. The van der Waals surface area contributed by atoms with Gasteiger partial charge in [-0.05, 0) is 39.0 Å². The Kier molecular flexibility index (Phi) is 4.45. The number of hydrogen-bond donors (Lipinski definition) is 1. The molecule has 1 unspecified atom stereocenters. The molecule has 0 bridgehead atoms. The van der Waals surface area contributed by atoms with Gasteiger partial charge < -0.3 is 9.84 Å². The van der Waals surface area contributed by atoms with E-state index in [-0.39, 0.29) is 0 Å². The topological polar surface area (TPSA) is 47.3 Å². The van der Waals surface area contributed by atoms with Crippen LogP contribution in [-0.4, -0.2) is 22.0 Å². The van der Waals surface area contributed by atoms with Crippen LogP contribution in [0.4, 0.5) is 0 Å². The minimum absolute atomic E-state index is 0.328. The monoisotopic (exact) mass is 274 g/mol. The average Bonchev–Trinajstić information content (AvgIpc) is 2.87. The zero-order chi connectivity index (χ0) is 14.7. The van der Waals surface area contributed by atoms with Gasteiger partial charge in [0.05, 0.1) is 18.9 Å². The van der Waals surface area contributed by atoms with Crippen molar-refractivity contribution in [3.8, 4) is 5.75 Å². The molecule has 2 aromatic rings. The fourth-order valence-corrected chi connectivity index (χ4v) is 2.20. The molecule has 4 heteroatoms. The van der Waals surface area contributed by atoms with E-state index in [1.807, 2.05) is 42.1 Å². The molecular formula is C16H22N2O2. The second-order valence-corrected chi connectivity index (χ2v) is 5.35. The highest BCUT2D eigenvalue weighted by Gasteiger charge is 2.16. The van der Waals surface area contributed by atoms with Crippen LogP contribution in [0.15, 0.2) is 30.5 Å². The predicted molar refractivity (Wildman–Crippen MR) is 79.0 cm³/mol. The van der Waals surface area contributed by atoms with Crippen molar-refractivity contribution in [2.75, 3.05) is 7.11 Å². The van der Waals surface area contributed by atoms with Crippen molar-refractivity contribution < 1.29 is 9.84 Å². The zero-order valence-corrected chi connectivity index (χ0v) is 12.5.